The van der Waals surface area contributed by atoms with Gasteiger partial charge in [0, 0.05) is 0 Å². The zero-order valence-corrected chi connectivity index (χ0v) is 23.6. The van der Waals surface area contributed by atoms with Gasteiger partial charge in [-0.05, 0) is 86.2 Å². The molecule has 0 fully saturated rings. The van der Waals surface area contributed by atoms with Crippen LogP contribution >= 0.6 is 0 Å². The number of aliphatic hydroxyl groups excluding tert-OH is 1. The first kappa shape index (κ1) is 27.7. The summed E-state index contributed by atoms with van der Waals surface area (Å²) >= 11 is 0. The van der Waals surface area contributed by atoms with Gasteiger partial charge in [-0.3, -0.25) is 0 Å². The molecule has 1 aliphatic rings. The molecule has 0 heterocycles. The van der Waals surface area contributed by atoms with E-state index in [2.05, 4.69) is 84.9 Å². The SMILES string of the molecule is CC(C)(C)c1ccc(-c2cc(C(O)/C=C/c3ccc(C(=O)O)c(O)c3)cc3c2C(C)(C)CCC3(C)C)cc1. The van der Waals surface area contributed by atoms with Crippen molar-refractivity contribution in [2.45, 2.75) is 83.7 Å². The van der Waals surface area contributed by atoms with Gasteiger partial charge in [-0.15, -0.1) is 0 Å². The highest BCUT2D eigenvalue weighted by atomic mass is 16.4. The van der Waals surface area contributed by atoms with Crippen molar-refractivity contribution in [3.63, 3.8) is 0 Å². The summed E-state index contributed by atoms with van der Waals surface area (Å²) in [4.78, 5) is 11.2. The van der Waals surface area contributed by atoms with Crippen LogP contribution in [0.25, 0.3) is 17.2 Å². The van der Waals surface area contributed by atoms with Crippen LogP contribution in [0.5, 0.6) is 5.75 Å². The highest BCUT2D eigenvalue weighted by Crippen LogP contribution is 2.50. The number of aromatic carboxylic acids is 1. The summed E-state index contributed by atoms with van der Waals surface area (Å²) in [5.41, 5.74) is 7.54. The quantitative estimate of drug-likeness (QED) is 0.322. The molecule has 0 spiro atoms. The molecule has 0 amide bonds. The molecular formula is C34H40O4. The monoisotopic (exact) mass is 512 g/mol. The smallest absolute Gasteiger partial charge is 0.339 e. The van der Waals surface area contributed by atoms with E-state index in [4.69, 9.17) is 5.11 Å². The van der Waals surface area contributed by atoms with Crippen LogP contribution in [0.15, 0.2) is 60.7 Å². The van der Waals surface area contributed by atoms with Crippen LogP contribution in [0.3, 0.4) is 0 Å². The second kappa shape index (κ2) is 9.74. The predicted molar refractivity (Wildman–Crippen MR) is 155 cm³/mol. The Morgan fingerprint density at radius 1 is 0.921 bits per heavy atom. The largest absolute Gasteiger partial charge is 0.507 e. The number of carbonyl (C=O) groups is 1. The number of carboxylic acids is 1. The fourth-order valence-electron chi connectivity index (χ4n) is 5.51. The van der Waals surface area contributed by atoms with Crippen LogP contribution in [-0.2, 0) is 16.2 Å². The maximum absolute atomic E-state index is 11.3. The van der Waals surface area contributed by atoms with E-state index in [0.717, 1.165) is 29.5 Å². The molecule has 4 nitrogen and oxygen atoms in total. The molecule has 0 saturated heterocycles. The third-order valence-corrected chi connectivity index (χ3v) is 8.07. The number of hydrogen-bond donors (Lipinski definition) is 3. The zero-order chi connectivity index (χ0) is 28.0. The van der Waals surface area contributed by atoms with Gasteiger partial charge in [-0.25, -0.2) is 4.79 Å². The minimum Gasteiger partial charge on any atom is -0.507 e. The van der Waals surface area contributed by atoms with Crippen LogP contribution in [0.2, 0.25) is 0 Å². The van der Waals surface area contributed by atoms with Gasteiger partial charge in [0.05, 0.1) is 6.10 Å². The fraction of sp³-hybridized carbons (Fsp3) is 0.382. The van der Waals surface area contributed by atoms with Crippen molar-refractivity contribution < 1.29 is 20.1 Å². The number of benzene rings is 3. The lowest BCUT2D eigenvalue weighted by molar-refractivity contribution is 0.0693. The highest BCUT2D eigenvalue weighted by Gasteiger charge is 2.39. The number of rotatable bonds is 5. The number of carboxylic acid groups (broad SMARTS) is 1. The van der Waals surface area contributed by atoms with Crippen molar-refractivity contribution in [3.05, 3.63) is 94.1 Å². The normalized spacial score (nSPS) is 17.3. The van der Waals surface area contributed by atoms with E-state index in [-0.39, 0.29) is 27.6 Å². The van der Waals surface area contributed by atoms with Crippen molar-refractivity contribution in [2.75, 3.05) is 0 Å². The number of aromatic hydroxyl groups is 1. The lowest BCUT2D eigenvalue weighted by Crippen LogP contribution is -2.34. The average Bonchev–Trinajstić information content (AvgIpc) is 2.84. The predicted octanol–water partition coefficient (Wildman–Crippen LogP) is 8.15. The van der Waals surface area contributed by atoms with Crippen LogP contribution in [0.1, 0.15) is 106 Å². The molecule has 1 unspecified atom stereocenters. The summed E-state index contributed by atoms with van der Waals surface area (Å²) < 4.78 is 0. The summed E-state index contributed by atoms with van der Waals surface area (Å²) in [5, 5.41) is 30.5. The van der Waals surface area contributed by atoms with Crippen LogP contribution < -0.4 is 0 Å². The molecule has 0 aliphatic heterocycles. The summed E-state index contributed by atoms with van der Waals surface area (Å²) in [5.74, 6) is -1.48. The molecule has 0 bridgehead atoms. The second-order valence-electron chi connectivity index (χ2n) is 13.0. The summed E-state index contributed by atoms with van der Waals surface area (Å²) in [6.45, 7) is 15.8. The molecule has 4 rings (SSSR count). The molecule has 38 heavy (non-hydrogen) atoms. The number of aliphatic hydroxyl groups is 1. The van der Waals surface area contributed by atoms with Gasteiger partial charge in [0.25, 0.3) is 0 Å². The standard InChI is InChI=1S/C34H40O4/c1-32(2,3)24-12-10-22(11-13-24)26-19-23(20-27-30(26)34(6,7)17-16-33(27,4)5)28(35)15-9-21-8-14-25(31(37)38)29(36)18-21/h8-15,18-20,28,35-36H,16-17H2,1-7H3,(H,37,38)/b15-9+. The van der Waals surface area contributed by atoms with Crippen molar-refractivity contribution in [1.29, 1.82) is 0 Å². The molecule has 3 aromatic carbocycles. The minimum atomic E-state index is -1.18. The third-order valence-electron chi connectivity index (χ3n) is 8.07. The topological polar surface area (TPSA) is 77.8 Å². The van der Waals surface area contributed by atoms with E-state index in [1.54, 1.807) is 18.2 Å². The summed E-state index contributed by atoms with van der Waals surface area (Å²) in [6, 6.07) is 17.5. The van der Waals surface area contributed by atoms with E-state index >= 15 is 0 Å². The molecule has 1 atom stereocenters. The maximum atomic E-state index is 11.3. The summed E-state index contributed by atoms with van der Waals surface area (Å²) in [6.07, 6.45) is 4.69. The Hall–Kier alpha value is -3.37. The van der Waals surface area contributed by atoms with Gasteiger partial charge in [0.2, 0.25) is 0 Å². The van der Waals surface area contributed by atoms with E-state index in [0.29, 0.717) is 5.56 Å². The minimum absolute atomic E-state index is 0.00558. The Bertz CT molecular complexity index is 1390. The van der Waals surface area contributed by atoms with E-state index in [9.17, 15) is 15.0 Å². The fourth-order valence-corrected chi connectivity index (χ4v) is 5.51. The zero-order valence-electron chi connectivity index (χ0n) is 23.6. The first-order valence-corrected chi connectivity index (χ1v) is 13.3. The Labute approximate surface area is 226 Å². The molecule has 0 saturated carbocycles. The molecule has 0 radical (unpaired) electrons. The van der Waals surface area contributed by atoms with Crippen molar-refractivity contribution in [1.82, 2.24) is 0 Å². The molecule has 4 heteroatoms. The van der Waals surface area contributed by atoms with E-state index < -0.39 is 12.1 Å². The maximum Gasteiger partial charge on any atom is 0.339 e. The lowest BCUT2D eigenvalue weighted by Gasteiger charge is -2.43. The summed E-state index contributed by atoms with van der Waals surface area (Å²) in [7, 11) is 0. The average molecular weight is 513 g/mol. The molecule has 1 aliphatic carbocycles. The van der Waals surface area contributed by atoms with Gasteiger partial charge in [0.15, 0.2) is 0 Å². The van der Waals surface area contributed by atoms with Gasteiger partial charge >= 0.3 is 5.97 Å². The number of phenols is 1. The second-order valence-corrected chi connectivity index (χ2v) is 13.0. The van der Waals surface area contributed by atoms with Crippen LogP contribution in [0, 0.1) is 0 Å². The van der Waals surface area contributed by atoms with Crippen LogP contribution in [-0.4, -0.2) is 21.3 Å². The molecular weight excluding hydrogens is 472 g/mol. The Morgan fingerprint density at radius 2 is 1.55 bits per heavy atom. The van der Waals surface area contributed by atoms with Crippen molar-refractivity contribution in [2.24, 2.45) is 0 Å². The van der Waals surface area contributed by atoms with E-state index in [1.807, 2.05) is 0 Å². The first-order valence-electron chi connectivity index (χ1n) is 13.3. The Kier molecular flexibility index (Phi) is 7.09. The van der Waals surface area contributed by atoms with E-state index in [1.165, 1.54) is 28.8 Å². The van der Waals surface area contributed by atoms with Gasteiger partial charge in [-0.2, -0.15) is 0 Å². The Morgan fingerprint density at radius 3 is 2.13 bits per heavy atom. The highest BCUT2D eigenvalue weighted by molar-refractivity contribution is 5.91. The van der Waals surface area contributed by atoms with Crippen LogP contribution in [0.4, 0.5) is 0 Å². The van der Waals surface area contributed by atoms with Crippen molar-refractivity contribution >= 4 is 12.0 Å². The van der Waals surface area contributed by atoms with Gasteiger partial charge < -0.3 is 15.3 Å². The van der Waals surface area contributed by atoms with Crippen molar-refractivity contribution in [3.8, 4) is 16.9 Å². The number of hydrogen-bond acceptors (Lipinski definition) is 3. The third kappa shape index (κ3) is 5.42. The lowest BCUT2D eigenvalue weighted by atomic mass is 9.61. The molecule has 3 aromatic rings. The Balaban J connectivity index is 1.81. The molecule has 3 N–H and O–H groups in total. The first-order chi connectivity index (χ1) is 17.6. The van der Waals surface area contributed by atoms with Gasteiger partial charge in [-0.1, -0.05) is 97.0 Å². The number of fused-ring (bicyclic) bond motifs is 1. The molecule has 200 valence electrons. The molecule has 0 aromatic heterocycles. The van der Waals surface area contributed by atoms with Gasteiger partial charge in [0.1, 0.15) is 11.3 Å².